The molecule has 3 rings (SSSR count). The molecule has 0 aromatic rings. The number of aliphatic hydroxyl groups is 2. The van der Waals surface area contributed by atoms with Crippen LogP contribution in [0.1, 0.15) is 90.9 Å². The van der Waals surface area contributed by atoms with Crippen LogP contribution in [0.25, 0.3) is 0 Å². The van der Waals surface area contributed by atoms with Crippen molar-refractivity contribution in [2.24, 2.45) is 11.8 Å². The highest BCUT2D eigenvalue weighted by Gasteiger charge is 2.51. The van der Waals surface area contributed by atoms with Gasteiger partial charge in [0.25, 0.3) is 0 Å². The summed E-state index contributed by atoms with van der Waals surface area (Å²) in [5.41, 5.74) is 3.32. The molecule has 3 heteroatoms. The molecule has 0 radical (unpaired) electrons. The molecule has 2 N–H and O–H groups in total. The van der Waals surface area contributed by atoms with E-state index in [1.165, 1.54) is 50.5 Å². The largest absolute Gasteiger partial charge is 0.390 e. The van der Waals surface area contributed by atoms with E-state index in [-0.39, 0.29) is 6.10 Å². The summed E-state index contributed by atoms with van der Waals surface area (Å²) in [6, 6.07) is 0. The number of hydrogen-bond acceptors (Lipinski definition) is 3. The lowest BCUT2D eigenvalue weighted by Crippen LogP contribution is -2.39. The number of aliphatic hydroxyl groups excluding tert-OH is 1. The molecule has 0 bridgehead atoms. The zero-order valence-electron chi connectivity index (χ0n) is 18.9. The van der Waals surface area contributed by atoms with E-state index < -0.39 is 5.60 Å². The number of rotatable bonds is 7. The number of thioether (sulfide) groups is 1. The zero-order chi connectivity index (χ0) is 21.1. The smallest absolute Gasteiger partial charge is 0.0787 e. The summed E-state index contributed by atoms with van der Waals surface area (Å²) in [5, 5.41) is 20.1. The van der Waals surface area contributed by atoms with Crippen molar-refractivity contribution in [2.75, 3.05) is 6.26 Å². The van der Waals surface area contributed by atoms with Gasteiger partial charge in [0.05, 0.1) is 11.7 Å². The van der Waals surface area contributed by atoms with Crippen molar-refractivity contribution < 1.29 is 10.2 Å². The van der Waals surface area contributed by atoms with E-state index >= 15 is 0 Å². The number of allylic oxidation sites excluding steroid dienone is 3. The monoisotopic (exact) mass is 418 g/mol. The van der Waals surface area contributed by atoms with E-state index in [1.54, 1.807) is 5.57 Å². The van der Waals surface area contributed by atoms with Crippen molar-refractivity contribution in [3.8, 4) is 0 Å². The van der Waals surface area contributed by atoms with E-state index in [9.17, 15) is 10.2 Å². The van der Waals surface area contributed by atoms with Crippen LogP contribution in [0.4, 0.5) is 0 Å². The molecule has 0 spiro atoms. The second-order valence-corrected chi connectivity index (χ2v) is 11.4. The third-order valence-corrected chi connectivity index (χ3v) is 9.36. The fourth-order valence-corrected chi connectivity index (χ4v) is 7.61. The van der Waals surface area contributed by atoms with Gasteiger partial charge in [-0.3, -0.25) is 0 Å². The summed E-state index contributed by atoms with van der Waals surface area (Å²) in [5.74, 6) is 1.52. The normalized spacial score (nSPS) is 36.0. The molecule has 0 heterocycles. The predicted octanol–water partition coefficient (Wildman–Crippen LogP) is 6.58. The molecule has 0 aromatic carbocycles. The lowest BCUT2D eigenvalue weighted by atomic mass is 9.72. The lowest BCUT2D eigenvalue weighted by molar-refractivity contribution is 0.0675. The molecule has 2 nitrogen and oxygen atoms in total. The van der Waals surface area contributed by atoms with Crippen LogP contribution in [-0.2, 0) is 0 Å². The molecule has 3 aliphatic rings. The van der Waals surface area contributed by atoms with Crippen molar-refractivity contribution in [3.05, 3.63) is 35.5 Å². The summed E-state index contributed by atoms with van der Waals surface area (Å²) in [6.07, 6.45) is 20.8. The first-order valence-electron chi connectivity index (χ1n) is 11.8. The Morgan fingerprint density at radius 1 is 1.14 bits per heavy atom. The lowest BCUT2D eigenvalue weighted by Gasteiger charge is -2.44. The maximum atomic E-state index is 10.1. The third-order valence-electron chi connectivity index (χ3n) is 7.77. The van der Waals surface area contributed by atoms with Crippen LogP contribution in [0, 0.1) is 11.8 Å². The van der Waals surface area contributed by atoms with E-state index in [1.807, 2.05) is 13.8 Å². The van der Waals surface area contributed by atoms with Gasteiger partial charge >= 0.3 is 0 Å². The molecule has 29 heavy (non-hydrogen) atoms. The summed E-state index contributed by atoms with van der Waals surface area (Å²) < 4.78 is 0.417. The highest BCUT2D eigenvalue weighted by atomic mass is 32.2. The maximum absolute atomic E-state index is 10.1. The van der Waals surface area contributed by atoms with E-state index in [0.717, 1.165) is 43.6 Å². The molecule has 1 unspecified atom stereocenters. The Bertz CT molecular complexity index is 642. The second-order valence-electron chi connectivity index (χ2n) is 10.3. The van der Waals surface area contributed by atoms with Crippen LogP contribution in [0.3, 0.4) is 0 Å². The summed E-state index contributed by atoms with van der Waals surface area (Å²) in [6.45, 7) is 7.99. The van der Waals surface area contributed by atoms with Gasteiger partial charge < -0.3 is 10.2 Å². The van der Waals surface area contributed by atoms with Crippen LogP contribution in [0.15, 0.2) is 35.5 Å². The quantitative estimate of drug-likeness (QED) is 0.459. The van der Waals surface area contributed by atoms with Crippen LogP contribution >= 0.6 is 11.8 Å². The standard InChI is InChI=1S/C26H42O2S/c1-19-20(9-7-12-24(19)27)13-14-21-10-8-18-26(29-4)22(15-16-23(21)26)11-5-6-17-25(2,3)28/h13-14,22-24,27-28H,1,5-12,15-18H2,2-4H3/b20-13-,21-14+/t22-,23?,24-,26-/m0/s1. The van der Waals surface area contributed by atoms with Gasteiger partial charge in [-0.1, -0.05) is 37.1 Å². The Morgan fingerprint density at radius 3 is 2.66 bits per heavy atom. The van der Waals surface area contributed by atoms with E-state index in [0.29, 0.717) is 10.7 Å². The molecule has 0 aliphatic heterocycles. The Labute approximate surface area is 182 Å². The van der Waals surface area contributed by atoms with Crippen LogP contribution < -0.4 is 0 Å². The Kier molecular flexibility index (Phi) is 7.78. The SMILES string of the molecule is C=C1/C(=C\C=C2/CCC[C@@]3(SC)C2CC[C@@H]3CCCCC(C)(C)O)CCC[C@@H]1O. The fourth-order valence-electron chi connectivity index (χ4n) is 6.14. The minimum absolute atomic E-state index is 0.343. The van der Waals surface area contributed by atoms with Crippen LogP contribution in [-0.4, -0.2) is 32.9 Å². The molecule has 3 saturated carbocycles. The minimum Gasteiger partial charge on any atom is -0.390 e. The molecular weight excluding hydrogens is 376 g/mol. The first-order chi connectivity index (χ1) is 13.8. The number of hydrogen-bond donors (Lipinski definition) is 2. The zero-order valence-corrected chi connectivity index (χ0v) is 19.7. The maximum Gasteiger partial charge on any atom is 0.0787 e. The molecule has 4 atom stereocenters. The van der Waals surface area contributed by atoms with Crippen molar-refractivity contribution in [1.82, 2.24) is 0 Å². The summed E-state index contributed by atoms with van der Waals surface area (Å²) in [4.78, 5) is 0. The molecule has 0 aromatic heterocycles. The van der Waals surface area contributed by atoms with Gasteiger partial charge in [-0.2, -0.15) is 11.8 Å². The summed E-state index contributed by atoms with van der Waals surface area (Å²) in [7, 11) is 0. The van der Waals surface area contributed by atoms with Gasteiger partial charge in [-0.15, -0.1) is 0 Å². The molecule has 3 fully saturated rings. The topological polar surface area (TPSA) is 40.5 Å². The molecule has 0 amide bonds. The highest BCUT2D eigenvalue weighted by molar-refractivity contribution is 8.00. The van der Waals surface area contributed by atoms with Crippen molar-refractivity contribution in [2.45, 2.75) is 107 Å². The molecule has 164 valence electrons. The fraction of sp³-hybridized carbons (Fsp3) is 0.769. The average molecular weight is 419 g/mol. The third kappa shape index (κ3) is 5.40. The van der Waals surface area contributed by atoms with Crippen molar-refractivity contribution >= 4 is 11.8 Å². The first-order valence-corrected chi connectivity index (χ1v) is 13.0. The van der Waals surface area contributed by atoms with E-state index in [4.69, 9.17) is 0 Å². The van der Waals surface area contributed by atoms with Crippen LogP contribution in [0.2, 0.25) is 0 Å². The second kappa shape index (κ2) is 9.75. The van der Waals surface area contributed by atoms with Gasteiger partial charge in [-0.05, 0) is 107 Å². The summed E-state index contributed by atoms with van der Waals surface area (Å²) >= 11 is 2.13. The minimum atomic E-state index is -0.527. The van der Waals surface area contributed by atoms with E-state index in [2.05, 4.69) is 36.7 Å². The van der Waals surface area contributed by atoms with Gasteiger partial charge in [0.15, 0.2) is 0 Å². The highest BCUT2D eigenvalue weighted by Crippen LogP contribution is 2.59. The average Bonchev–Trinajstić information content (AvgIpc) is 3.05. The molecular formula is C26H42O2S. The number of unbranched alkanes of at least 4 members (excludes halogenated alkanes) is 1. The van der Waals surface area contributed by atoms with Gasteiger partial charge in [-0.25, -0.2) is 0 Å². The van der Waals surface area contributed by atoms with Gasteiger partial charge in [0.2, 0.25) is 0 Å². The number of fused-ring (bicyclic) bond motifs is 1. The Hall–Kier alpha value is -0.510. The Balaban J connectivity index is 1.68. The van der Waals surface area contributed by atoms with Gasteiger partial charge in [0.1, 0.15) is 0 Å². The first kappa shape index (κ1) is 23.2. The van der Waals surface area contributed by atoms with Crippen molar-refractivity contribution in [3.63, 3.8) is 0 Å². The van der Waals surface area contributed by atoms with Gasteiger partial charge in [0, 0.05) is 4.75 Å². The van der Waals surface area contributed by atoms with Crippen molar-refractivity contribution in [1.29, 1.82) is 0 Å². The molecule has 3 aliphatic carbocycles. The van der Waals surface area contributed by atoms with Crippen LogP contribution in [0.5, 0.6) is 0 Å². The predicted molar refractivity (Wildman–Crippen MR) is 126 cm³/mol. The molecule has 0 saturated heterocycles. The Morgan fingerprint density at radius 2 is 1.93 bits per heavy atom.